The maximum Gasteiger partial charge on any atom is 0.348 e. The Morgan fingerprint density at radius 1 is 0.976 bits per heavy atom. The number of esters is 2. The molecule has 0 bridgehead atoms. The number of unbranched alkanes of at least 4 members (excludes halogenated alkanes) is 1. The summed E-state index contributed by atoms with van der Waals surface area (Å²) in [5, 5.41) is 14.7. The van der Waals surface area contributed by atoms with E-state index in [0.29, 0.717) is 28.8 Å². The molecule has 1 aromatic carbocycles. The highest BCUT2D eigenvalue weighted by atomic mass is 32.2. The molecule has 0 saturated carbocycles. The third-order valence-electron chi connectivity index (χ3n) is 5.76. The standard InChI is InChI=1S/C28H35N5O7S2/c1-5-8-14-33-20(15-29-21(34)16-40-19-12-10-9-11-13-19)31-32-28(33)41-17-22(35)30-25-23(26(36)38-6-2)18(4)24(42-25)27(37)39-7-3/h9-13H,5-8,14-17H2,1-4H3,(H,29,34)(H,30,35). The summed E-state index contributed by atoms with van der Waals surface area (Å²) in [6, 6.07) is 9.05. The highest BCUT2D eigenvalue weighted by molar-refractivity contribution is 7.99. The Hall–Kier alpha value is -3.91. The van der Waals surface area contributed by atoms with E-state index in [4.69, 9.17) is 14.2 Å². The second-order valence-electron chi connectivity index (χ2n) is 8.82. The van der Waals surface area contributed by atoms with Gasteiger partial charge in [0, 0.05) is 6.54 Å². The zero-order chi connectivity index (χ0) is 30.5. The van der Waals surface area contributed by atoms with Crippen molar-refractivity contribution in [1.29, 1.82) is 0 Å². The SMILES string of the molecule is CCCCn1c(CNC(=O)COc2ccccc2)nnc1SCC(=O)Nc1sc(C(=O)OCC)c(C)c1C(=O)OCC. The molecule has 0 saturated heterocycles. The van der Waals surface area contributed by atoms with Crippen LogP contribution in [0.2, 0.25) is 0 Å². The zero-order valence-electron chi connectivity index (χ0n) is 24.1. The number of amides is 2. The molecule has 2 amide bonds. The number of hydrogen-bond donors (Lipinski definition) is 2. The van der Waals surface area contributed by atoms with Gasteiger partial charge in [-0.25, -0.2) is 9.59 Å². The molecule has 12 nitrogen and oxygen atoms in total. The maximum atomic E-state index is 12.9. The van der Waals surface area contributed by atoms with Crippen LogP contribution in [0.15, 0.2) is 35.5 Å². The van der Waals surface area contributed by atoms with Crippen molar-refractivity contribution in [2.75, 3.05) is 30.9 Å². The molecule has 3 aromatic rings. The molecule has 2 heterocycles. The lowest BCUT2D eigenvalue weighted by Gasteiger charge is -2.11. The second kappa shape index (κ2) is 16.5. The van der Waals surface area contributed by atoms with Gasteiger partial charge < -0.3 is 29.4 Å². The second-order valence-corrected chi connectivity index (χ2v) is 10.8. The Balaban J connectivity index is 1.65. The van der Waals surface area contributed by atoms with E-state index in [1.807, 2.05) is 22.8 Å². The van der Waals surface area contributed by atoms with Crippen LogP contribution in [-0.2, 0) is 32.2 Å². The largest absolute Gasteiger partial charge is 0.484 e. The lowest BCUT2D eigenvalue weighted by molar-refractivity contribution is -0.123. The quantitative estimate of drug-likeness (QED) is 0.177. The number of hydrogen-bond acceptors (Lipinski definition) is 11. The Morgan fingerprint density at radius 3 is 2.38 bits per heavy atom. The van der Waals surface area contributed by atoms with Crippen LogP contribution in [0, 0.1) is 6.92 Å². The molecular formula is C28H35N5O7S2. The number of thioether (sulfide) groups is 1. The van der Waals surface area contributed by atoms with Gasteiger partial charge in [0.2, 0.25) is 5.91 Å². The number of nitrogens with zero attached hydrogens (tertiary/aromatic N) is 3. The van der Waals surface area contributed by atoms with Crippen molar-refractivity contribution in [1.82, 2.24) is 20.1 Å². The molecule has 2 aromatic heterocycles. The van der Waals surface area contributed by atoms with Crippen LogP contribution in [0.1, 0.15) is 65.0 Å². The Labute approximate surface area is 252 Å². The average molecular weight is 618 g/mol. The highest BCUT2D eigenvalue weighted by Crippen LogP contribution is 2.34. The molecule has 0 fully saturated rings. The molecular weight excluding hydrogens is 582 g/mol. The van der Waals surface area contributed by atoms with Crippen molar-refractivity contribution in [3.63, 3.8) is 0 Å². The summed E-state index contributed by atoms with van der Waals surface area (Å²) in [5.41, 5.74) is 0.517. The number of para-hydroxylation sites is 1. The van der Waals surface area contributed by atoms with Crippen LogP contribution in [0.3, 0.4) is 0 Å². The molecule has 0 atom stereocenters. The summed E-state index contributed by atoms with van der Waals surface area (Å²) in [4.78, 5) is 50.5. The van der Waals surface area contributed by atoms with Crippen LogP contribution in [0.4, 0.5) is 5.00 Å². The van der Waals surface area contributed by atoms with Gasteiger partial charge in [-0.05, 0) is 44.9 Å². The number of aromatic nitrogens is 3. The van der Waals surface area contributed by atoms with Crippen LogP contribution in [0.5, 0.6) is 5.75 Å². The van der Waals surface area contributed by atoms with Gasteiger partial charge in [-0.1, -0.05) is 43.3 Å². The Bertz CT molecular complexity index is 1370. The number of thiophene rings is 1. The first-order valence-corrected chi connectivity index (χ1v) is 15.4. The van der Waals surface area contributed by atoms with Gasteiger partial charge in [-0.15, -0.1) is 21.5 Å². The van der Waals surface area contributed by atoms with Crippen molar-refractivity contribution in [3.05, 3.63) is 52.2 Å². The first-order valence-electron chi connectivity index (χ1n) is 13.6. The van der Waals surface area contributed by atoms with E-state index in [1.165, 1.54) is 11.8 Å². The molecule has 0 radical (unpaired) electrons. The van der Waals surface area contributed by atoms with Gasteiger partial charge in [-0.3, -0.25) is 9.59 Å². The minimum absolute atomic E-state index is 0.0323. The molecule has 0 spiro atoms. The summed E-state index contributed by atoms with van der Waals surface area (Å²) in [6.45, 7) is 7.97. The van der Waals surface area contributed by atoms with Crippen LogP contribution in [0.25, 0.3) is 0 Å². The Morgan fingerprint density at radius 2 is 1.69 bits per heavy atom. The lowest BCUT2D eigenvalue weighted by Crippen LogP contribution is -2.29. The van der Waals surface area contributed by atoms with Gasteiger partial charge in [0.25, 0.3) is 5.91 Å². The minimum Gasteiger partial charge on any atom is -0.484 e. The number of nitrogens with one attached hydrogen (secondary N) is 2. The fraction of sp³-hybridized carbons (Fsp3) is 0.429. The van der Waals surface area contributed by atoms with Crippen molar-refractivity contribution in [3.8, 4) is 5.75 Å². The molecule has 14 heteroatoms. The van der Waals surface area contributed by atoms with Crippen molar-refractivity contribution in [2.24, 2.45) is 0 Å². The number of ether oxygens (including phenoxy) is 3. The monoisotopic (exact) mass is 617 g/mol. The zero-order valence-corrected chi connectivity index (χ0v) is 25.7. The first-order chi connectivity index (χ1) is 20.3. The summed E-state index contributed by atoms with van der Waals surface area (Å²) >= 11 is 2.14. The van der Waals surface area contributed by atoms with Crippen molar-refractivity contribution < 1.29 is 33.4 Å². The number of rotatable bonds is 16. The fourth-order valence-electron chi connectivity index (χ4n) is 3.73. The van der Waals surface area contributed by atoms with Crippen molar-refractivity contribution >= 4 is 51.9 Å². The average Bonchev–Trinajstić information content (AvgIpc) is 3.52. The van der Waals surface area contributed by atoms with Gasteiger partial charge in [-0.2, -0.15) is 0 Å². The molecule has 0 aliphatic heterocycles. The minimum atomic E-state index is -0.634. The van der Waals surface area contributed by atoms with E-state index in [2.05, 4.69) is 27.8 Å². The van der Waals surface area contributed by atoms with E-state index >= 15 is 0 Å². The molecule has 0 aliphatic rings. The third-order valence-corrected chi connectivity index (χ3v) is 7.91. The molecule has 2 N–H and O–H groups in total. The van der Waals surface area contributed by atoms with Crippen LogP contribution >= 0.6 is 23.1 Å². The highest BCUT2D eigenvalue weighted by Gasteiger charge is 2.27. The van der Waals surface area contributed by atoms with Crippen LogP contribution < -0.4 is 15.4 Å². The van der Waals surface area contributed by atoms with E-state index in [-0.39, 0.29) is 53.5 Å². The smallest absolute Gasteiger partial charge is 0.348 e. The predicted molar refractivity (Wildman–Crippen MR) is 159 cm³/mol. The molecule has 0 aliphatic carbocycles. The summed E-state index contributed by atoms with van der Waals surface area (Å²) in [5.74, 6) is -0.795. The molecule has 42 heavy (non-hydrogen) atoms. The van der Waals surface area contributed by atoms with E-state index in [1.54, 1.807) is 32.9 Å². The summed E-state index contributed by atoms with van der Waals surface area (Å²) in [6.07, 6.45) is 1.78. The lowest BCUT2D eigenvalue weighted by atomic mass is 10.1. The topological polar surface area (TPSA) is 151 Å². The van der Waals surface area contributed by atoms with Gasteiger partial charge in [0.05, 0.1) is 31.1 Å². The third kappa shape index (κ3) is 9.05. The molecule has 226 valence electrons. The number of benzene rings is 1. The van der Waals surface area contributed by atoms with E-state index in [9.17, 15) is 19.2 Å². The predicted octanol–water partition coefficient (Wildman–Crippen LogP) is 4.23. The van der Waals surface area contributed by atoms with Gasteiger partial charge in [0.1, 0.15) is 15.6 Å². The number of carbonyl (C=O) groups is 4. The number of carbonyl (C=O) groups excluding carboxylic acids is 4. The van der Waals surface area contributed by atoms with Crippen LogP contribution in [-0.4, -0.2) is 64.1 Å². The molecule has 0 unspecified atom stereocenters. The first kappa shape index (κ1) is 32.6. The Kier molecular flexibility index (Phi) is 12.8. The van der Waals surface area contributed by atoms with Crippen molar-refractivity contribution in [2.45, 2.75) is 58.8 Å². The molecule has 3 rings (SSSR count). The van der Waals surface area contributed by atoms with E-state index in [0.717, 1.165) is 24.2 Å². The summed E-state index contributed by atoms with van der Waals surface area (Å²) in [7, 11) is 0. The van der Waals surface area contributed by atoms with E-state index < -0.39 is 17.8 Å². The fourth-order valence-corrected chi connectivity index (χ4v) is 5.61. The number of anilines is 1. The van der Waals surface area contributed by atoms with Gasteiger partial charge >= 0.3 is 11.9 Å². The normalized spacial score (nSPS) is 10.7. The summed E-state index contributed by atoms with van der Waals surface area (Å²) < 4.78 is 17.6. The maximum absolute atomic E-state index is 12.9. The van der Waals surface area contributed by atoms with Gasteiger partial charge in [0.15, 0.2) is 17.6 Å².